The Morgan fingerprint density at radius 1 is 0.897 bits per heavy atom. The molecule has 5 aliphatic rings. The van der Waals surface area contributed by atoms with Gasteiger partial charge in [0.15, 0.2) is 0 Å². The molecule has 0 unspecified atom stereocenters. The first kappa shape index (κ1) is 29.1. The summed E-state index contributed by atoms with van der Waals surface area (Å²) >= 11 is 0. The van der Waals surface area contributed by atoms with Crippen molar-refractivity contribution in [1.82, 2.24) is 0 Å². The highest BCUT2D eigenvalue weighted by molar-refractivity contribution is 5.95. The molecule has 39 heavy (non-hydrogen) atoms. The molecule has 0 aromatic heterocycles. The highest BCUT2D eigenvalue weighted by Gasteiger charge is 2.84. The van der Waals surface area contributed by atoms with Crippen molar-refractivity contribution < 1.29 is 19.2 Å². The number of hydrogen-bond acceptors (Lipinski definition) is 5. The minimum atomic E-state index is -0.372. The summed E-state index contributed by atoms with van der Waals surface area (Å²) in [5.41, 5.74) is 1.41. The minimum absolute atomic E-state index is 0.0886. The Bertz CT molecular complexity index is 1040. The Balaban J connectivity index is 1.47. The Morgan fingerprint density at radius 3 is 2.23 bits per heavy atom. The number of hydrogen-bond donors (Lipinski definition) is 0. The molecule has 0 saturated heterocycles. The lowest BCUT2D eigenvalue weighted by Crippen LogP contribution is -2.64. The highest BCUT2D eigenvalue weighted by atomic mass is 16.7. The second kappa shape index (κ2) is 9.58. The zero-order valence-corrected chi connectivity index (χ0v) is 26.3. The van der Waals surface area contributed by atoms with Crippen LogP contribution in [0.25, 0.3) is 0 Å². The topological polar surface area (TPSA) is 65.0 Å². The molecule has 1 spiro atoms. The van der Waals surface area contributed by atoms with E-state index >= 15 is 0 Å². The van der Waals surface area contributed by atoms with Gasteiger partial charge in [0.25, 0.3) is 0 Å². The van der Waals surface area contributed by atoms with Crippen LogP contribution in [0.1, 0.15) is 133 Å². The van der Waals surface area contributed by atoms with Gasteiger partial charge < -0.3 is 9.57 Å². The minimum Gasteiger partial charge on any atom is -0.462 e. The second-order valence-electron chi connectivity index (χ2n) is 15.9. The first-order chi connectivity index (χ1) is 18.2. The first-order valence-electron chi connectivity index (χ1n) is 16.1. The Morgan fingerprint density at radius 2 is 1.59 bits per heavy atom. The zero-order chi connectivity index (χ0) is 28.6. The van der Waals surface area contributed by atoms with Gasteiger partial charge in [0.05, 0.1) is 5.71 Å². The van der Waals surface area contributed by atoms with Crippen molar-refractivity contribution >= 4 is 17.7 Å². The van der Waals surface area contributed by atoms with Crippen molar-refractivity contribution in [3.05, 3.63) is 0 Å². The summed E-state index contributed by atoms with van der Waals surface area (Å²) in [4.78, 5) is 29.3. The summed E-state index contributed by atoms with van der Waals surface area (Å²) in [6, 6.07) is 0. The Labute approximate surface area is 237 Å². The van der Waals surface area contributed by atoms with E-state index in [1.54, 1.807) is 6.92 Å². The van der Waals surface area contributed by atoms with E-state index in [1.165, 1.54) is 51.9 Å². The van der Waals surface area contributed by atoms with Gasteiger partial charge in [-0.25, -0.2) is 4.79 Å². The van der Waals surface area contributed by atoms with Crippen molar-refractivity contribution in [2.24, 2.45) is 61.8 Å². The maximum atomic E-state index is 12.6. The fourth-order valence-corrected chi connectivity index (χ4v) is 11.8. The fraction of sp³-hybridized carbons (Fsp3) is 0.912. The van der Waals surface area contributed by atoms with Crippen molar-refractivity contribution in [3.8, 4) is 0 Å². The van der Waals surface area contributed by atoms with E-state index in [-0.39, 0.29) is 39.7 Å². The van der Waals surface area contributed by atoms with Crippen LogP contribution in [0, 0.1) is 56.7 Å². The number of nitrogens with zero attached hydrogens (tertiary/aromatic N) is 1. The van der Waals surface area contributed by atoms with Crippen LogP contribution >= 0.6 is 0 Å². The third-order valence-corrected chi connectivity index (χ3v) is 14.0. The molecular formula is C34H55NO4. The van der Waals surface area contributed by atoms with E-state index in [0.717, 1.165) is 49.1 Å². The number of carbonyl (C=O) groups is 2. The van der Waals surface area contributed by atoms with Gasteiger partial charge in [-0.15, -0.1) is 0 Å². The van der Waals surface area contributed by atoms with Crippen molar-refractivity contribution in [1.29, 1.82) is 0 Å². The molecule has 0 N–H and O–H groups in total. The molecule has 0 radical (unpaired) electrons. The van der Waals surface area contributed by atoms with E-state index in [9.17, 15) is 9.59 Å². The lowest BCUT2D eigenvalue weighted by Gasteiger charge is -2.67. The van der Waals surface area contributed by atoms with E-state index in [2.05, 4.69) is 53.6 Å². The second-order valence-corrected chi connectivity index (χ2v) is 15.9. The molecule has 0 heterocycles. The lowest BCUT2D eigenvalue weighted by molar-refractivity contribution is -0.212. The monoisotopic (exact) mass is 541 g/mol. The summed E-state index contributed by atoms with van der Waals surface area (Å²) in [6.45, 7) is 20.3. The molecule has 5 nitrogen and oxygen atoms in total. The van der Waals surface area contributed by atoms with Crippen molar-refractivity contribution in [3.63, 3.8) is 0 Å². The molecule has 5 fully saturated rings. The maximum Gasteiger partial charge on any atom is 0.331 e. The average molecular weight is 542 g/mol. The van der Waals surface area contributed by atoms with Gasteiger partial charge in [0.1, 0.15) is 6.10 Å². The van der Waals surface area contributed by atoms with E-state index in [1.807, 2.05) is 0 Å². The predicted octanol–water partition coefficient (Wildman–Crippen LogP) is 8.35. The quantitative estimate of drug-likeness (QED) is 0.185. The van der Waals surface area contributed by atoms with Crippen LogP contribution in [0.4, 0.5) is 0 Å². The smallest absolute Gasteiger partial charge is 0.331 e. The number of rotatable bonds is 7. The average Bonchev–Trinajstić information content (AvgIpc) is 3.39. The molecular weight excluding hydrogens is 486 g/mol. The van der Waals surface area contributed by atoms with Gasteiger partial charge in [-0.05, 0) is 97.2 Å². The predicted molar refractivity (Wildman–Crippen MR) is 155 cm³/mol. The molecule has 5 heteroatoms. The summed E-state index contributed by atoms with van der Waals surface area (Å²) in [5.74, 6) is 3.00. The lowest BCUT2D eigenvalue weighted by atomic mass is 9.38. The SMILES string of the molecule is CC(=O)O/N=C1/CC[C@]2(C)[C@H]3CC[C@]4(C)[C@@H]([C@H](C)CCCC(C)C)CC[C@@]4(C)[C@@H]3C[C@H](OC(C)=O)[C@]23C[C@]13C. The Kier molecular flexibility index (Phi) is 7.15. The molecule has 0 bridgehead atoms. The number of fused-ring (bicyclic) bond motifs is 4. The van der Waals surface area contributed by atoms with Gasteiger partial charge in [-0.3, -0.25) is 4.79 Å². The Hall–Kier alpha value is -1.39. The van der Waals surface area contributed by atoms with E-state index < -0.39 is 0 Å². The van der Waals surface area contributed by atoms with E-state index in [4.69, 9.17) is 9.57 Å². The number of esters is 1. The van der Waals surface area contributed by atoms with Gasteiger partial charge in [-0.2, -0.15) is 0 Å². The summed E-state index contributed by atoms with van der Waals surface area (Å²) in [6.07, 6.45) is 13.0. The van der Waals surface area contributed by atoms with Gasteiger partial charge in [0, 0.05) is 24.7 Å². The molecule has 5 saturated carbocycles. The standard InChI is InChI=1S/C34H55NO4/c1-21(2)11-10-12-22(3)25-13-16-31(7)27-19-29(38-23(4)36)34-20-33(34,9)28(35-39-24(5)37)15-18-32(34,8)26(27)14-17-30(25,31)6/h21-22,25-27,29H,10-20H2,1-9H3/b35-28-/t22-,25-,26+,27-,29+,30-,31+,32-,33-,34-/m1/s1. The maximum absolute atomic E-state index is 12.6. The van der Waals surface area contributed by atoms with Crippen LogP contribution in [-0.2, 0) is 19.2 Å². The van der Waals surface area contributed by atoms with Crippen molar-refractivity contribution in [2.45, 2.75) is 139 Å². The molecule has 5 aliphatic carbocycles. The van der Waals surface area contributed by atoms with Crippen LogP contribution in [-0.4, -0.2) is 23.8 Å². The molecule has 10 atom stereocenters. The van der Waals surface area contributed by atoms with E-state index in [0.29, 0.717) is 17.3 Å². The summed E-state index contributed by atoms with van der Waals surface area (Å²) in [7, 11) is 0. The molecule has 0 aromatic rings. The summed E-state index contributed by atoms with van der Waals surface area (Å²) < 4.78 is 6.33. The van der Waals surface area contributed by atoms with Crippen LogP contribution in [0.3, 0.4) is 0 Å². The number of carbonyl (C=O) groups excluding carboxylic acids is 2. The van der Waals surface area contributed by atoms with Gasteiger partial charge >= 0.3 is 11.9 Å². The molecule has 0 aromatic carbocycles. The largest absolute Gasteiger partial charge is 0.462 e. The van der Waals surface area contributed by atoms with Crippen LogP contribution in [0.15, 0.2) is 5.16 Å². The van der Waals surface area contributed by atoms with Crippen LogP contribution in [0.2, 0.25) is 0 Å². The van der Waals surface area contributed by atoms with Crippen molar-refractivity contribution in [2.75, 3.05) is 0 Å². The normalized spacial score (nSPS) is 48.0. The zero-order valence-electron chi connectivity index (χ0n) is 26.3. The third kappa shape index (κ3) is 4.01. The molecule has 5 rings (SSSR count). The highest BCUT2D eigenvalue weighted by Crippen LogP contribution is 2.85. The number of oxime groups is 1. The van der Waals surface area contributed by atoms with Crippen LogP contribution in [0.5, 0.6) is 0 Å². The fourth-order valence-electron chi connectivity index (χ4n) is 11.8. The molecule has 220 valence electrons. The summed E-state index contributed by atoms with van der Waals surface area (Å²) in [5, 5.41) is 4.38. The first-order valence-corrected chi connectivity index (χ1v) is 16.1. The van der Waals surface area contributed by atoms with Gasteiger partial charge in [0.2, 0.25) is 0 Å². The number of ether oxygens (including phenoxy) is 1. The van der Waals surface area contributed by atoms with Crippen LogP contribution < -0.4 is 0 Å². The van der Waals surface area contributed by atoms with Gasteiger partial charge in [-0.1, -0.05) is 72.9 Å². The molecule has 0 aliphatic heterocycles. The molecule has 0 amide bonds. The third-order valence-electron chi connectivity index (χ3n) is 14.0.